The predicted octanol–water partition coefficient (Wildman–Crippen LogP) is 2.62. The predicted molar refractivity (Wildman–Crippen MR) is 37.0 cm³/mol. The fourth-order valence-electron chi connectivity index (χ4n) is 1.10. The summed E-state index contributed by atoms with van der Waals surface area (Å²) >= 11 is 5.94. The van der Waals surface area contributed by atoms with Crippen molar-refractivity contribution in [1.82, 2.24) is 0 Å². The molecule has 0 aromatic heterocycles. The van der Waals surface area contributed by atoms with Gasteiger partial charge in [-0.05, 0) is 25.2 Å². The molecule has 47 valence electrons. The average molecular weight is 132 g/mol. The van der Waals surface area contributed by atoms with Gasteiger partial charge >= 0.3 is 0 Å². The molecule has 0 aliphatic heterocycles. The molecule has 1 heteroatoms. The Morgan fingerprint density at radius 3 is 2.75 bits per heavy atom. The highest BCUT2D eigenvalue weighted by Crippen LogP contribution is 2.26. The molecule has 1 aliphatic carbocycles. The van der Waals surface area contributed by atoms with Crippen LogP contribution in [0.5, 0.6) is 0 Å². The molecule has 2 atom stereocenters. The molecule has 0 amide bonds. The molecule has 1 saturated carbocycles. The van der Waals surface area contributed by atoms with Crippen molar-refractivity contribution in [3.8, 4) is 0 Å². The highest BCUT2D eigenvalue weighted by atomic mass is 35.5. The Hall–Kier alpha value is 0.290. The third-order valence-electron chi connectivity index (χ3n) is 1.79. The van der Waals surface area contributed by atoms with Gasteiger partial charge in [0.25, 0.3) is 0 Å². The van der Waals surface area contributed by atoms with Crippen LogP contribution in [0.2, 0.25) is 0 Å². The van der Waals surface area contributed by atoms with E-state index >= 15 is 0 Å². The molecule has 0 spiro atoms. The Balaban J connectivity index is 2.28. The van der Waals surface area contributed by atoms with Crippen LogP contribution in [-0.2, 0) is 0 Å². The smallest absolute Gasteiger partial charge is 0.0364 e. The lowest BCUT2D eigenvalue weighted by atomic mass is 9.90. The first-order valence-corrected chi connectivity index (χ1v) is 3.72. The minimum Gasteiger partial charge on any atom is -0.123 e. The zero-order chi connectivity index (χ0) is 5.98. The van der Waals surface area contributed by atoms with Crippen molar-refractivity contribution in [2.45, 2.75) is 31.6 Å². The monoisotopic (exact) mass is 131 g/mol. The van der Waals surface area contributed by atoms with E-state index in [1.165, 1.54) is 19.3 Å². The van der Waals surface area contributed by atoms with Gasteiger partial charge in [0, 0.05) is 5.38 Å². The van der Waals surface area contributed by atoms with Gasteiger partial charge in [-0.15, -0.1) is 11.6 Å². The van der Waals surface area contributed by atoms with Crippen molar-refractivity contribution in [1.29, 1.82) is 0 Å². The Bertz CT molecular complexity index is 60.8. The van der Waals surface area contributed by atoms with E-state index in [4.69, 9.17) is 11.6 Å². The molecule has 0 N–H and O–H groups in total. The zero-order valence-electron chi connectivity index (χ0n) is 5.23. The Labute approximate surface area is 56.2 Å². The maximum absolute atomic E-state index is 5.94. The second kappa shape index (κ2) is 2.72. The van der Waals surface area contributed by atoms with E-state index in [1.807, 2.05) is 0 Å². The van der Waals surface area contributed by atoms with Crippen LogP contribution in [0.4, 0.5) is 0 Å². The minimum absolute atomic E-state index is 0.420. The summed E-state index contributed by atoms with van der Waals surface area (Å²) in [5.41, 5.74) is 0. The van der Waals surface area contributed by atoms with Crippen molar-refractivity contribution in [2.75, 3.05) is 0 Å². The van der Waals surface area contributed by atoms with Crippen LogP contribution in [0.3, 0.4) is 0 Å². The maximum atomic E-state index is 5.94. The average Bonchev–Trinajstić information content (AvgIpc) is 1.77. The largest absolute Gasteiger partial charge is 0.123 e. The van der Waals surface area contributed by atoms with Crippen molar-refractivity contribution in [3.05, 3.63) is 6.42 Å². The lowest BCUT2D eigenvalue weighted by Crippen LogP contribution is -2.16. The van der Waals surface area contributed by atoms with Gasteiger partial charge in [-0.1, -0.05) is 13.3 Å². The molecule has 0 nitrogen and oxygen atoms in total. The van der Waals surface area contributed by atoms with E-state index in [9.17, 15) is 0 Å². The van der Waals surface area contributed by atoms with Crippen molar-refractivity contribution in [3.63, 3.8) is 0 Å². The lowest BCUT2D eigenvalue weighted by molar-refractivity contribution is 0.485. The first-order valence-electron chi connectivity index (χ1n) is 3.28. The third-order valence-corrected chi connectivity index (χ3v) is 2.41. The van der Waals surface area contributed by atoms with E-state index in [2.05, 4.69) is 13.3 Å². The summed E-state index contributed by atoms with van der Waals surface area (Å²) in [6.45, 7) is 2.19. The number of hydrogen-bond acceptors (Lipinski definition) is 0. The van der Waals surface area contributed by atoms with Gasteiger partial charge in [0.05, 0.1) is 0 Å². The van der Waals surface area contributed by atoms with E-state index in [-0.39, 0.29) is 0 Å². The first kappa shape index (κ1) is 6.41. The van der Waals surface area contributed by atoms with Gasteiger partial charge in [0.2, 0.25) is 0 Å². The summed E-state index contributed by atoms with van der Waals surface area (Å²) < 4.78 is 0. The highest BCUT2D eigenvalue weighted by molar-refractivity contribution is 6.20. The fraction of sp³-hybridized carbons (Fsp3) is 0.857. The van der Waals surface area contributed by atoms with Crippen molar-refractivity contribution in [2.24, 2.45) is 5.92 Å². The van der Waals surface area contributed by atoms with E-state index in [0.717, 1.165) is 0 Å². The molecule has 0 saturated heterocycles. The Morgan fingerprint density at radius 1 is 1.62 bits per heavy atom. The second-order valence-electron chi connectivity index (χ2n) is 2.54. The van der Waals surface area contributed by atoms with Crippen LogP contribution in [0, 0.1) is 12.3 Å². The molecular formula is C7H12Cl. The quantitative estimate of drug-likeness (QED) is 0.444. The number of halogens is 1. The minimum atomic E-state index is 0.420. The van der Waals surface area contributed by atoms with Gasteiger partial charge in [0.15, 0.2) is 0 Å². The standard InChI is InChI=1S/C7H12Cl/c1-6-4-2-3-5-7(6)8/h4,6-7H,2-3,5H2,1H3. The van der Waals surface area contributed by atoms with Crippen molar-refractivity contribution < 1.29 is 0 Å². The van der Waals surface area contributed by atoms with Crippen LogP contribution < -0.4 is 0 Å². The SMILES string of the molecule is CC1[CH]CCCC1Cl. The zero-order valence-corrected chi connectivity index (χ0v) is 5.99. The lowest BCUT2D eigenvalue weighted by Gasteiger charge is -2.22. The fourth-order valence-corrected chi connectivity index (χ4v) is 1.36. The van der Waals surface area contributed by atoms with Gasteiger partial charge in [-0.3, -0.25) is 0 Å². The molecule has 0 heterocycles. The van der Waals surface area contributed by atoms with Crippen LogP contribution in [0.15, 0.2) is 0 Å². The first-order chi connectivity index (χ1) is 3.80. The molecule has 1 rings (SSSR count). The third kappa shape index (κ3) is 1.38. The van der Waals surface area contributed by atoms with Gasteiger partial charge in [-0.2, -0.15) is 0 Å². The molecule has 0 aromatic rings. The summed E-state index contributed by atoms with van der Waals surface area (Å²) in [6.07, 6.45) is 6.09. The summed E-state index contributed by atoms with van der Waals surface area (Å²) in [6, 6.07) is 0. The number of rotatable bonds is 0. The molecule has 1 radical (unpaired) electrons. The van der Waals surface area contributed by atoms with E-state index < -0.39 is 0 Å². The summed E-state index contributed by atoms with van der Waals surface area (Å²) in [4.78, 5) is 0. The second-order valence-corrected chi connectivity index (χ2v) is 3.10. The molecule has 0 aromatic carbocycles. The Morgan fingerprint density at radius 2 is 2.38 bits per heavy atom. The highest BCUT2D eigenvalue weighted by Gasteiger charge is 2.17. The normalized spacial score (nSPS) is 39.8. The van der Waals surface area contributed by atoms with Crippen LogP contribution >= 0.6 is 11.6 Å². The number of alkyl halides is 1. The number of hydrogen-bond donors (Lipinski definition) is 0. The summed E-state index contributed by atoms with van der Waals surface area (Å²) in [5, 5.41) is 0.420. The molecule has 1 aliphatic rings. The molecule has 1 fully saturated rings. The molecule has 8 heavy (non-hydrogen) atoms. The van der Waals surface area contributed by atoms with Crippen LogP contribution in [0.1, 0.15) is 26.2 Å². The summed E-state index contributed by atoms with van der Waals surface area (Å²) in [5.74, 6) is 0.644. The van der Waals surface area contributed by atoms with Gasteiger partial charge in [-0.25, -0.2) is 0 Å². The molecule has 0 bridgehead atoms. The van der Waals surface area contributed by atoms with Gasteiger partial charge < -0.3 is 0 Å². The summed E-state index contributed by atoms with van der Waals surface area (Å²) in [7, 11) is 0. The molecule has 2 unspecified atom stereocenters. The molecular weight excluding hydrogens is 120 g/mol. The maximum Gasteiger partial charge on any atom is 0.0364 e. The van der Waals surface area contributed by atoms with Crippen molar-refractivity contribution >= 4 is 11.6 Å². The van der Waals surface area contributed by atoms with Crippen LogP contribution in [0.25, 0.3) is 0 Å². The van der Waals surface area contributed by atoms with Crippen LogP contribution in [-0.4, -0.2) is 5.38 Å². The Kier molecular flexibility index (Phi) is 2.18. The van der Waals surface area contributed by atoms with Gasteiger partial charge in [0.1, 0.15) is 0 Å². The van der Waals surface area contributed by atoms with E-state index in [1.54, 1.807) is 0 Å². The van der Waals surface area contributed by atoms with E-state index in [0.29, 0.717) is 11.3 Å². The topological polar surface area (TPSA) is 0 Å².